The summed E-state index contributed by atoms with van der Waals surface area (Å²) in [4.78, 5) is 20.4. The maximum Gasteiger partial charge on any atom is 0.254 e. The van der Waals surface area contributed by atoms with E-state index in [1.54, 1.807) is 24.5 Å². The van der Waals surface area contributed by atoms with Crippen LogP contribution in [0.25, 0.3) is 0 Å². The van der Waals surface area contributed by atoms with Crippen molar-refractivity contribution in [2.45, 2.75) is 6.04 Å². The average molecular weight is 350 g/mol. The summed E-state index contributed by atoms with van der Waals surface area (Å²) in [5.41, 5.74) is 1.52. The Kier molecular flexibility index (Phi) is 4.42. The Morgan fingerprint density at radius 1 is 1.08 bits per heavy atom. The van der Waals surface area contributed by atoms with E-state index in [0.717, 1.165) is 5.56 Å². The van der Waals surface area contributed by atoms with Crippen LogP contribution in [0.1, 0.15) is 22.0 Å². The van der Waals surface area contributed by atoms with Crippen molar-refractivity contribution in [1.82, 2.24) is 14.8 Å². The fraction of sp³-hybridized carbons (Fsp3) is 0.316. The summed E-state index contributed by atoms with van der Waals surface area (Å²) in [6.07, 6.45) is 3.24. The number of carbonyl (C=O) groups is 1. The first-order valence-electron chi connectivity index (χ1n) is 8.49. The van der Waals surface area contributed by atoms with Gasteiger partial charge in [-0.2, -0.15) is 5.26 Å². The molecule has 2 aromatic rings. The number of nitrogens with zero attached hydrogens (tertiary/aromatic N) is 4. The largest absolute Gasteiger partial charge is 0.454 e. The number of fused-ring (bicyclic) bond motifs is 1. The Hall–Kier alpha value is -3.11. The van der Waals surface area contributed by atoms with Gasteiger partial charge < -0.3 is 14.4 Å². The molecule has 1 aromatic heterocycles. The van der Waals surface area contributed by atoms with Crippen molar-refractivity contribution in [1.29, 1.82) is 5.26 Å². The van der Waals surface area contributed by atoms with Gasteiger partial charge in [-0.15, -0.1) is 0 Å². The summed E-state index contributed by atoms with van der Waals surface area (Å²) in [6.45, 7) is 2.67. The predicted octanol–water partition coefficient (Wildman–Crippen LogP) is 1.83. The first kappa shape index (κ1) is 16.4. The molecule has 7 heteroatoms. The Morgan fingerprint density at radius 2 is 1.81 bits per heavy atom. The van der Waals surface area contributed by atoms with Gasteiger partial charge in [0.15, 0.2) is 11.5 Å². The predicted molar refractivity (Wildman–Crippen MR) is 92.6 cm³/mol. The number of hydrogen-bond acceptors (Lipinski definition) is 6. The minimum atomic E-state index is -0.373. The maximum atomic E-state index is 12.5. The second-order valence-electron chi connectivity index (χ2n) is 6.21. The van der Waals surface area contributed by atoms with Crippen molar-refractivity contribution >= 4 is 5.91 Å². The number of rotatable bonds is 3. The van der Waals surface area contributed by atoms with Gasteiger partial charge in [-0.25, -0.2) is 0 Å². The van der Waals surface area contributed by atoms with Gasteiger partial charge in [0.25, 0.3) is 5.91 Å². The van der Waals surface area contributed by atoms with Crippen molar-refractivity contribution in [3.05, 3.63) is 53.9 Å². The molecule has 0 spiro atoms. The second kappa shape index (κ2) is 7.02. The standard InChI is InChI=1S/C19H18N4O3/c20-12-16(15-1-2-17-18(11-15)26-13-25-17)22-7-9-23(10-8-22)19(24)14-3-5-21-6-4-14/h1-6,11,16H,7-10,13H2. The summed E-state index contributed by atoms with van der Waals surface area (Å²) in [7, 11) is 0. The lowest BCUT2D eigenvalue weighted by Crippen LogP contribution is -2.49. The summed E-state index contributed by atoms with van der Waals surface area (Å²) in [5.74, 6) is 1.39. The smallest absolute Gasteiger partial charge is 0.254 e. The van der Waals surface area contributed by atoms with Crippen LogP contribution in [0.2, 0.25) is 0 Å². The Morgan fingerprint density at radius 3 is 2.54 bits per heavy atom. The number of amides is 1. The van der Waals surface area contributed by atoms with Crippen LogP contribution in [0.15, 0.2) is 42.7 Å². The zero-order chi connectivity index (χ0) is 17.9. The number of ether oxygens (including phenoxy) is 2. The summed E-state index contributed by atoms with van der Waals surface area (Å²) >= 11 is 0. The number of piperazine rings is 1. The van der Waals surface area contributed by atoms with Crippen LogP contribution in [0.5, 0.6) is 11.5 Å². The topological polar surface area (TPSA) is 78.7 Å². The van der Waals surface area contributed by atoms with Gasteiger partial charge in [-0.1, -0.05) is 6.07 Å². The number of nitriles is 1. The molecule has 132 valence electrons. The van der Waals surface area contributed by atoms with Crippen LogP contribution in [-0.4, -0.2) is 53.7 Å². The molecule has 0 N–H and O–H groups in total. The summed E-state index contributed by atoms with van der Waals surface area (Å²) < 4.78 is 10.7. The lowest BCUT2D eigenvalue weighted by molar-refractivity contribution is 0.0606. The molecule has 1 unspecified atom stereocenters. The van der Waals surface area contributed by atoms with Crippen LogP contribution < -0.4 is 9.47 Å². The third-order valence-corrected chi connectivity index (χ3v) is 4.73. The van der Waals surface area contributed by atoms with Crippen LogP contribution in [0.4, 0.5) is 0 Å². The molecular formula is C19H18N4O3. The number of aromatic nitrogens is 1. The average Bonchev–Trinajstić information content (AvgIpc) is 3.17. The van der Waals surface area contributed by atoms with Gasteiger partial charge in [-0.05, 0) is 29.8 Å². The number of carbonyl (C=O) groups excluding carboxylic acids is 1. The summed E-state index contributed by atoms with van der Waals surface area (Å²) in [5, 5.41) is 9.68. The fourth-order valence-electron chi connectivity index (χ4n) is 3.31. The molecule has 3 heterocycles. The molecule has 26 heavy (non-hydrogen) atoms. The zero-order valence-corrected chi connectivity index (χ0v) is 14.2. The molecule has 1 aromatic carbocycles. The Labute approximate surface area is 151 Å². The van der Waals surface area contributed by atoms with E-state index in [1.807, 2.05) is 23.1 Å². The molecule has 1 atom stereocenters. The van der Waals surface area contributed by atoms with Crippen LogP contribution >= 0.6 is 0 Å². The lowest BCUT2D eigenvalue weighted by atomic mass is 10.0. The quantitative estimate of drug-likeness (QED) is 0.840. The first-order chi connectivity index (χ1) is 12.8. The molecular weight excluding hydrogens is 332 g/mol. The van der Waals surface area contributed by atoms with Crippen molar-refractivity contribution in [2.24, 2.45) is 0 Å². The monoisotopic (exact) mass is 350 g/mol. The highest BCUT2D eigenvalue weighted by atomic mass is 16.7. The van der Waals surface area contributed by atoms with E-state index in [9.17, 15) is 10.1 Å². The van der Waals surface area contributed by atoms with Gasteiger partial charge in [0.2, 0.25) is 6.79 Å². The zero-order valence-electron chi connectivity index (χ0n) is 14.2. The van der Waals surface area contributed by atoms with Crippen LogP contribution in [-0.2, 0) is 0 Å². The third-order valence-electron chi connectivity index (χ3n) is 4.73. The first-order valence-corrected chi connectivity index (χ1v) is 8.49. The van der Waals surface area contributed by atoms with E-state index in [0.29, 0.717) is 43.2 Å². The van der Waals surface area contributed by atoms with E-state index in [-0.39, 0.29) is 18.7 Å². The highest BCUT2D eigenvalue weighted by Crippen LogP contribution is 2.35. The van der Waals surface area contributed by atoms with Gasteiger partial charge in [0.05, 0.1) is 6.07 Å². The van der Waals surface area contributed by atoms with Crippen LogP contribution in [0.3, 0.4) is 0 Å². The van der Waals surface area contributed by atoms with Crippen molar-refractivity contribution < 1.29 is 14.3 Å². The lowest BCUT2D eigenvalue weighted by Gasteiger charge is -2.37. The van der Waals surface area contributed by atoms with E-state index >= 15 is 0 Å². The second-order valence-corrected chi connectivity index (χ2v) is 6.21. The maximum absolute atomic E-state index is 12.5. The van der Waals surface area contributed by atoms with Gasteiger partial charge in [0.1, 0.15) is 6.04 Å². The van der Waals surface area contributed by atoms with Crippen molar-refractivity contribution in [3.8, 4) is 17.6 Å². The Balaban J connectivity index is 1.43. The molecule has 1 saturated heterocycles. The third kappa shape index (κ3) is 3.07. The van der Waals surface area contributed by atoms with Crippen LogP contribution in [0, 0.1) is 11.3 Å². The molecule has 4 rings (SSSR count). The summed E-state index contributed by atoms with van der Waals surface area (Å²) in [6, 6.07) is 11.0. The van der Waals surface area contributed by atoms with Gasteiger partial charge in [0, 0.05) is 44.1 Å². The Bertz CT molecular complexity index is 842. The number of pyridine rings is 1. The van der Waals surface area contributed by atoms with E-state index in [2.05, 4.69) is 16.0 Å². The molecule has 0 radical (unpaired) electrons. The number of benzene rings is 1. The van der Waals surface area contributed by atoms with E-state index in [4.69, 9.17) is 9.47 Å². The van der Waals surface area contributed by atoms with Gasteiger partial charge >= 0.3 is 0 Å². The van der Waals surface area contributed by atoms with Crippen molar-refractivity contribution in [2.75, 3.05) is 33.0 Å². The molecule has 0 bridgehead atoms. The molecule has 1 fully saturated rings. The number of hydrogen-bond donors (Lipinski definition) is 0. The molecule has 1 amide bonds. The molecule has 7 nitrogen and oxygen atoms in total. The highest BCUT2D eigenvalue weighted by molar-refractivity contribution is 5.94. The van der Waals surface area contributed by atoms with E-state index < -0.39 is 0 Å². The molecule has 2 aliphatic rings. The normalized spacial score (nSPS) is 17.6. The SMILES string of the molecule is N#CC(c1ccc2c(c1)OCO2)N1CCN(C(=O)c2ccncc2)CC1. The van der Waals surface area contributed by atoms with Crippen molar-refractivity contribution in [3.63, 3.8) is 0 Å². The molecule has 2 aliphatic heterocycles. The minimum Gasteiger partial charge on any atom is -0.454 e. The molecule has 0 aliphatic carbocycles. The highest BCUT2D eigenvalue weighted by Gasteiger charge is 2.28. The minimum absolute atomic E-state index is 0.00337. The molecule has 0 saturated carbocycles. The van der Waals surface area contributed by atoms with E-state index in [1.165, 1.54) is 0 Å². The fourth-order valence-corrected chi connectivity index (χ4v) is 3.31. The van der Waals surface area contributed by atoms with Gasteiger partial charge in [-0.3, -0.25) is 14.7 Å².